The fourth-order valence-corrected chi connectivity index (χ4v) is 7.44. The van der Waals surface area contributed by atoms with Crippen molar-refractivity contribution in [3.8, 4) is 0 Å². The zero-order valence-electron chi connectivity index (χ0n) is 26.5. The van der Waals surface area contributed by atoms with Gasteiger partial charge in [-0.05, 0) is 40.5 Å². The molecule has 0 aromatic rings. The Morgan fingerprint density at radius 1 is 0.548 bits per heavy atom. The van der Waals surface area contributed by atoms with Gasteiger partial charge in [0.25, 0.3) is 0 Å². The molecule has 2 aliphatic carbocycles. The largest absolute Gasteiger partial charge is 0.390 e. The molecule has 14 nitrogen and oxygen atoms in total. The van der Waals surface area contributed by atoms with E-state index in [1.807, 2.05) is 24.2 Å². The van der Waals surface area contributed by atoms with Crippen LogP contribution in [0.15, 0.2) is 0 Å². The normalized spacial score (nSPS) is 54.3. The van der Waals surface area contributed by atoms with Gasteiger partial charge < -0.3 is 48.1 Å². The fourth-order valence-electron chi connectivity index (χ4n) is 7.44. The van der Waals surface area contributed by atoms with Gasteiger partial charge in [-0.2, -0.15) is 10.1 Å². The summed E-state index contributed by atoms with van der Waals surface area (Å²) in [5, 5.41) is 24.5. The van der Waals surface area contributed by atoms with Crippen LogP contribution >= 0.6 is 0 Å². The highest BCUT2D eigenvalue weighted by Gasteiger charge is 2.64. The minimum Gasteiger partial charge on any atom is -0.390 e. The number of ether oxygens (including phenoxy) is 8. The number of hydroxylamine groups is 4. The Labute approximate surface area is 248 Å². The molecule has 0 aromatic heterocycles. The Morgan fingerprint density at radius 3 is 1.12 bits per heavy atom. The van der Waals surface area contributed by atoms with Crippen molar-refractivity contribution in [3.05, 3.63) is 0 Å². The molecule has 0 amide bonds. The van der Waals surface area contributed by atoms with Crippen molar-refractivity contribution in [1.29, 1.82) is 0 Å². The van der Waals surface area contributed by atoms with Crippen LogP contribution in [-0.2, 0) is 47.6 Å². The van der Waals surface area contributed by atoms with Crippen molar-refractivity contribution >= 4 is 0 Å². The number of nitrogens with zero attached hydrogens (tertiary/aromatic N) is 2. The summed E-state index contributed by atoms with van der Waals surface area (Å²) in [7, 11) is 9.99. The van der Waals surface area contributed by atoms with Gasteiger partial charge in [0.2, 0.25) is 23.1 Å². The van der Waals surface area contributed by atoms with Gasteiger partial charge in [-0.25, -0.2) is 0 Å². The van der Waals surface area contributed by atoms with Crippen molar-refractivity contribution in [2.75, 3.05) is 55.7 Å². The second kappa shape index (κ2) is 11.7. The molecule has 4 saturated heterocycles. The van der Waals surface area contributed by atoms with Gasteiger partial charge in [0.1, 0.15) is 24.4 Å². The lowest BCUT2D eigenvalue weighted by Crippen LogP contribution is -2.72. The molecular formula is C28H50N2O12. The lowest BCUT2D eigenvalue weighted by Gasteiger charge is -2.56. The van der Waals surface area contributed by atoms with E-state index in [2.05, 4.69) is 0 Å². The first-order chi connectivity index (χ1) is 19.7. The monoisotopic (exact) mass is 606 g/mol. The molecule has 6 fully saturated rings. The molecule has 2 N–H and O–H groups in total. The molecule has 6 aliphatic rings. The second-order valence-corrected chi connectivity index (χ2v) is 12.7. The number of methoxy groups -OCH3 is 4. The highest BCUT2D eigenvalue weighted by Crippen LogP contribution is 2.48. The van der Waals surface area contributed by atoms with Crippen LogP contribution in [0.1, 0.15) is 40.5 Å². The molecule has 0 bridgehead atoms. The molecule has 0 aromatic carbocycles. The van der Waals surface area contributed by atoms with E-state index in [-0.39, 0.29) is 36.1 Å². The van der Waals surface area contributed by atoms with Crippen molar-refractivity contribution in [2.45, 2.75) is 112 Å². The fraction of sp³-hybridized carbons (Fsp3) is 1.00. The highest BCUT2D eigenvalue weighted by atomic mass is 16.8. The number of fused-ring (bicyclic) bond motifs is 6. The van der Waals surface area contributed by atoms with E-state index in [0.29, 0.717) is 26.1 Å². The van der Waals surface area contributed by atoms with E-state index in [4.69, 9.17) is 47.6 Å². The zero-order valence-corrected chi connectivity index (χ0v) is 26.5. The molecule has 0 unspecified atom stereocenters. The van der Waals surface area contributed by atoms with Gasteiger partial charge in [0, 0.05) is 54.4 Å². The van der Waals surface area contributed by atoms with Crippen LogP contribution in [0.2, 0.25) is 0 Å². The molecule has 42 heavy (non-hydrogen) atoms. The highest BCUT2D eigenvalue weighted by molar-refractivity contribution is 5.06. The zero-order chi connectivity index (χ0) is 30.8. The Bertz CT molecular complexity index is 892. The summed E-state index contributed by atoms with van der Waals surface area (Å²) in [5.74, 6) is -3.85. The van der Waals surface area contributed by atoms with Crippen LogP contribution in [0.3, 0.4) is 0 Å². The van der Waals surface area contributed by atoms with Gasteiger partial charge in [-0.15, -0.1) is 0 Å². The molecule has 0 radical (unpaired) electrons. The maximum atomic E-state index is 10.4. The maximum Gasteiger partial charge on any atom is 0.220 e. The molecule has 14 atom stereocenters. The maximum absolute atomic E-state index is 10.4. The summed E-state index contributed by atoms with van der Waals surface area (Å²) < 4.78 is 46.7. The molecule has 4 aliphatic heterocycles. The molecule has 6 rings (SSSR count). The van der Waals surface area contributed by atoms with Crippen LogP contribution in [0.25, 0.3) is 0 Å². The predicted molar refractivity (Wildman–Crippen MR) is 144 cm³/mol. The van der Waals surface area contributed by atoms with Gasteiger partial charge in [0.05, 0.1) is 37.5 Å². The minimum atomic E-state index is -1.09. The van der Waals surface area contributed by atoms with Crippen LogP contribution in [-0.4, -0.2) is 148 Å². The van der Waals surface area contributed by atoms with E-state index in [0.717, 1.165) is 0 Å². The van der Waals surface area contributed by atoms with Crippen LogP contribution in [0, 0.1) is 11.8 Å². The van der Waals surface area contributed by atoms with Crippen molar-refractivity contribution in [3.63, 3.8) is 0 Å². The third-order valence-electron chi connectivity index (χ3n) is 10.6. The van der Waals surface area contributed by atoms with Gasteiger partial charge >= 0.3 is 0 Å². The quantitative estimate of drug-likeness (QED) is 0.452. The summed E-state index contributed by atoms with van der Waals surface area (Å²) in [6.07, 6.45) is -1.57. The third-order valence-corrected chi connectivity index (χ3v) is 10.6. The average Bonchev–Trinajstić information content (AvgIpc) is 3.52. The van der Waals surface area contributed by atoms with E-state index in [9.17, 15) is 10.2 Å². The molecule has 14 heteroatoms. The summed E-state index contributed by atoms with van der Waals surface area (Å²) in [6, 6.07) is 0.0727. The first kappa shape index (κ1) is 32.8. The van der Waals surface area contributed by atoms with Gasteiger partial charge in [0.15, 0.2) is 0 Å². The van der Waals surface area contributed by atoms with E-state index >= 15 is 0 Å². The number of aliphatic hydroxyl groups is 2. The first-order valence-electron chi connectivity index (χ1n) is 14.7. The summed E-state index contributed by atoms with van der Waals surface area (Å²) in [5.41, 5.74) is 0. The summed E-state index contributed by atoms with van der Waals surface area (Å²) >= 11 is 0. The average molecular weight is 607 g/mol. The molecule has 4 heterocycles. The van der Waals surface area contributed by atoms with Crippen LogP contribution in [0.4, 0.5) is 0 Å². The van der Waals surface area contributed by atoms with E-state index in [1.54, 1.807) is 56.1 Å². The van der Waals surface area contributed by atoms with E-state index in [1.165, 1.54) is 0 Å². The Morgan fingerprint density at radius 2 is 0.833 bits per heavy atom. The van der Waals surface area contributed by atoms with Crippen molar-refractivity contribution in [2.24, 2.45) is 11.8 Å². The Kier molecular flexibility index (Phi) is 9.11. The minimum absolute atomic E-state index is 0.0364. The van der Waals surface area contributed by atoms with Crippen LogP contribution < -0.4 is 0 Å². The topological polar surface area (TPSA) is 139 Å². The van der Waals surface area contributed by atoms with E-state index < -0.39 is 47.6 Å². The second-order valence-electron chi connectivity index (χ2n) is 12.7. The van der Waals surface area contributed by atoms with Gasteiger partial charge in [-0.1, -0.05) is 0 Å². The Balaban J connectivity index is 0.000000168. The number of rotatable bonds is 4. The predicted octanol–water partition coefficient (Wildman–Crippen LogP) is 0.244. The Hall–Kier alpha value is -0.560. The number of likely N-dealkylation sites (N-methyl/N-ethyl adjacent to an activating group) is 2. The molecular weight excluding hydrogens is 556 g/mol. The smallest absolute Gasteiger partial charge is 0.220 e. The lowest BCUT2D eigenvalue weighted by molar-refractivity contribution is -0.463. The number of hydrogen-bond donors (Lipinski definition) is 2. The number of hydrogen-bond acceptors (Lipinski definition) is 14. The third kappa shape index (κ3) is 5.05. The van der Waals surface area contributed by atoms with Crippen molar-refractivity contribution < 1.29 is 57.8 Å². The first-order valence-corrected chi connectivity index (χ1v) is 14.7. The standard InChI is InChI=1S/2C14H25NO6/c2*1-13(17-4)14(2,18-5)21-12-10-8(7-19-15(10)3)6-9(16)11(12)20-13/h2*8-12,16H,6-7H2,1-5H3/t2*8-,9-,10+,11-,12-,13+,14+/m11/s1. The number of aliphatic hydroxyl groups excluding tert-OH is 2. The summed E-state index contributed by atoms with van der Waals surface area (Å²) in [6.45, 7) is 8.30. The molecule has 2 saturated carbocycles. The van der Waals surface area contributed by atoms with Gasteiger partial charge in [-0.3, -0.25) is 9.68 Å². The SMILES string of the molecule is CO[C@@]1(C)O[C@H]2[C@H](O[C@]1(C)OC)[C@H](O)C[C@@H]1CON(C)[C@@H]12.CO[C@@]1(C)O[C@H]2[C@H](O[C@]1(C)OC)[C@H](O)C[C@@H]1CON(C)[C@@H]12. The van der Waals surface area contributed by atoms with Crippen molar-refractivity contribution in [1.82, 2.24) is 10.1 Å². The van der Waals surface area contributed by atoms with Crippen LogP contribution in [0.5, 0.6) is 0 Å². The molecule has 244 valence electrons. The summed E-state index contributed by atoms with van der Waals surface area (Å²) in [4.78, 5) is 11.2. The lowest BCUT2D eigenvalue weighted by atomic mass is 9.78. The molecule has 0 spiro atoms.